The van der Waals surface area contributed by atoms with E-state index < -0.39 is 6.10 Å². The van der Waals surface area contributed by atoms with E-state index in [1.807, 2.05) is 0 Å². The smallest absolute Gasteiger partial charge is 0.306 e. The summed E-state index contributed by atoms with van der Waals surface area (Å²) in [4.78, 5) is 24.6. The molecule has 0 aliphatic carbocycles. The number of hydrogen-bond donors (Lipinski definition) is 1. The largest absolute Gasteiger partial charge is 0.462 e. The second-order valence-electron chi connectivity index (χ2n) is 21.5. The predicted molar refractivity (Wildman–Crippen MR) is 325 cm³/mol. The molecule has 1 N–H and O–H groups in total. The molecule has 0 heterocycles. The fourth-order valence-electron chi connectivity index (χ4n) is 9.38. The van der Waals surface area contributed by atoms with Crippen LogP contribution in [0.2, 0.25) is 0 Å². The second kappa shape index (κ2) is 64.4. The van der Waals surface area contributed by atoms with E-state index in [0.29, 0.717) is 12.8 Å². The van der Waals surface area contributed by atoms with E-state index in [1.165, 1.54) is 212 Å². The van der Waals surface area contributed by atoms with Gasteiger partial charge in [-0.15, -0.1) is 0 Å². The van der Waals surface area contributed by atoms with Crippen molar-refractivity contribution < 1.29 is 24.2 Å². The molecule has 0 fully saturated rings. The van der Waals surface area contributed by atoms with Crippen molar-refractivity contribution in [3.05, 3.63) is 85.1 Å². The molecule has 0 radical (unpaired) electrons. The van der Waals surface area contributed by atoms with Gasteiger partial charge in [0.2, 0.25) is 0 Å². The van der Waals surface area contributed by atoms with Crippen LogP contribution in [0.5, 0.6) is 0 Å². The highest BCUT2D eigenvalue weighted by Crippen LogP contribution is 2.17. The maximum Gasteiger partial charge on any atom is 0.306 e. The standard InChI is InChI=1S/C69H122O5/c1-3-5-7-9-11-13-15-17-19-21-23-25-27-29-30-31-32-33-34-35-36-37-38-40-41-43-45-47-49-51-53-55-57-59-61-63-68(71)73-66-67(65-70)74-69(72)64-62-60-58-56-54-52-50-48-46-44-42-39-28-26-24-22-20-18-16-14-12-10-8-6-4-2/h6,8,12,14,18,20-21,23-24,26,39,42,46,48,67,70H,3-5,7,9-11,13,15-17,19,22,25,27-38,40-41,43-45,47,49-66H2,1-2H3/b8-6-,14-12-,20-18-,23-21-,26-24-,42-39-,48-46-. The summed E-state index contributed by atoms with van der Waals surface area (Å²) in [6, 6.07) is 0. The number of hydrogen-bond acceptors (Lipinski definition) is 5. The molecule has 1 unspecified atom stereocenters. The molecule has 0 saturated carbocycles. The van der Waals surface area contributed by atoms with Crippen molar-refractivity contribution in [2.75, 3.05) is 13.2 Å². The lowest BCUT2D eigenvalue weighted by atomic mass is 10.0. The van der Waals surface area contributed by atoms with Gasteiger partial charge >= 0.3 is 11.9 Å². The number of allylic oxidation sites excluding steroid dienone is 14. The van der Waals surface area contributed by atoms with Crippen LogP contribution < -0.4 is 0 Å². The van der Waals surface area contributed by atoms with Crippen molar-refractivity contribution in [1.82, 2.24) is 0 Å². The van der Waals surface area contributed by atoms with E-state index in [9.17, 15) is 14.7 Å². The maximum absolute atomic E-state index is 12.3. The van der Waals surface area contributed by atoms with Crippen molar-refractivity contribution in [2.24, 2.45) is 0 Å². The molecule has 5 nitrogen and oxygen atoms in total. The minimum atomic E-state index is -0.785. The summed E-state index contributed by atoms with van der Waals surface area (Å²) in [6.45, 7) is 4.05. The lowest BCUT2D eigenvalue weighted by Crippen LogP contribution is -2.28. The van der Waals surface area contributed by atoms with Crippen molar-refractivity contribution in [3.63, 3.8) is 0 Å². The minimum absolute atomic E-state index is 0.0731. The molecule has 5 heteroatoms. The summed E-state index contributed by atoms with van der Waals surface area (Å²) in [5.41, 5.74) is 0. The molecule has 0 aliphatic heterocycles. The average molecular weight is 1030 g/mol. The summed E-state index contributed by atoms with van der Waals surface area (Å²) >= 11 is 0. The van der Waals surface area contributed by atoms with E-state index in [1.54, 1.807) is 0 Å². The van der Waals surface area contributed by atoms with Crippen LogP contribution in [-0.4, -0.2) is 36.4 Å². The Morgan fingerprint density at radius 2 is 0.581 bits per heavy atom. The Hall–Kier alpha value is -2.92. The van der Waals surface area contributed by atoms with Crippen molar-refractivity contribution >= 4 is 11.9 Å². The molecule has 0 amide bonds. The van der Waals surface area contributed by atoms with Gasteiger partial charge in [-0.25, -0.2) is 0 Å². The van der Waals surface area contributed by atoms with Gasteiger partial charge in [0, 0.05) is 12.8 Å². The van der Waals surface area contributed by atoms with E-state index in [4.69, 9.17) is 9.47 Å². The van der Waals surface area contributed by atoms with Gasteiger partial charge in [0.25, 0.3) is 0 Å². The van der Waals surface area contributed by atoms with Crippen LogP contribution in [0.1, 0.15) is 322 Å². The minimum Gasteiger partial charge on any atom is -0.462 e. The van der Waals surface area contributed by atoms with E-state index in [-0.39, 0.29) is 25.2 Å². The molecule has 0 aromatic carbocycles. The third-order valence-electron chi connectivity index (χ3n) is 14.2. The average Bonchev–Trinajstić information content (AvgIpc) is 3.40. The Morgan fingerprint density at radius 3 is 0.892 bits per heavy atom. The summed E-state index contributed by atoms with van der Waals surface area (Å²) in [7, 11) is 0. The van der Waals surface area contributed by atoms with Crippen LogP contribution in [0, 0.1) is 0 Å². The zero-order valence-electron chi connectivity index (χ0n) is 49.1. The molecule has 428 valence electrons. The first-order valence-electron chi connectivity index (χ1n) is 32.1. The molecule has 0 saturated heterocycles. The van der Waals surface area contributed by atoms with Crippen LogP contribution in [0.15, 0.2) is 85.1 Å². The van der Waals surface area contributed by atoms with Gasteiger partial charge in [-0.3, -0.25) is 9.59 Å². The maximum atomic E-state index is 12.3. The number of esters is 2. The molecule has 74 heavy (non-hydrogen) atoms. The molecule has 0 rings (SSSR count). The highest BCUT2D eigenvalue weighted by Gasteiger charge is 2.16. The van der Waals surface area contributed by atoms with Gasteiger partial charge < -0.3 is 14.6 Å². The monoisotopic (exact) mass is 1030 g/mol. The molecular weight excluding hydrogens is 909 g/mol. The Kier molecular flexibility index (Phi) is 61.8. The van der Waals surface area contributed by atoms with Crippen LogP contribution in [-0.2, 0) is 19.1 Å². The Morgan fingerprint density at radius 1 is 0.324 bits per heavy atom. The number of carbonyl (C=O) groups is 2. The molecular formula is C69H122O5. The zero-order valence-corrected chi connectivity index (χ0v) is 49.1. The number of unbranched alkanes of at least 4 members (excludes halogenated alkanes) is 37. The molecule has 0 aromatic heterocycles. The fourth-order valence-corrected chi connectivity index (χ4v) is 9.38. The number of ether oxygens (including phenoxy) is 2. The number of aliphatic hydroxyl groups is 1. The summed E-state index contributed by atoms with van der Waals surface area (Å²) in [6.07, 6.45) is 90.2. The molecule has 0 bridgehead atoms. The van der Waals surface area contributed by atoms with Crippen molar-refractivity contribution in [2.45, 2.75) is 328 Å². The van der Waals surface area contributed by atoms with Crippen LogP contribution in [0.3, 0.4) is 0 Å². The first kappa shape index (κ1) is 71.1. The normalized spacial score (nSPS) is 12.7. The highest BCUT2D eigenvalue weighted by molar-refractivity contribution is 5.70. The van der Waals surface area contributed by atoms with Crippen LogP contribution >= 0.6 is 0 Å². The fraction of sp³-hybridized carbons (Fsp3) is 0.768. The number of rotatable bonds is 59. The third kappa shape index (κ3) is 61.6. The van der Waals surface area contributed by atoms with E-state index in [0.717, 1.165) is 83.5 Å². The second-order valence-corrected chi connectivity index (χ2v) is 21.5. The van der Waals surface area contributed by atoms with Gasteiger partial charge in [-0.2, -0.15) is 0 Å². The quantitative estimate of drug-likeness (QED) is 0.0373. The first-order valence-corrected chi connectivity index (χ1v) is 32.1. The van der Waals surface area contributed by atoms with Gasteiger partial charge in [-0.1, -0.05) is 304 Å². The predicted octanol–water partition coefficient (Wildman–Crippen LogP) is 22.1. The Balaban J connectivity index is 3.46. The van der Waals surface area contributed by atoms with Crippen molar-refractivity contribution in [3.8, 4) is 0 Å². The lowest BCUT2D eigenvalue weighted by Gasteiger charge is -2.15. The Bertz CT molecular complexity index is 1350. The Labute approximate surface area is 460 Å². The topological polar surface area (TPSA) is 72.8 Å². The zero-order chi connectivity index (χ0) is 53.4. The molecule has 1 atom stereocenters. The molecule has 0 aromatic rings. The first-order chi connectivity index (χ1) is 36.6. The van der Waals surface area contributed by atoms with Crippen LogP contribution in [0.25, 0.3) is 0 Å². The molecule has 0 aliphatic rings. The lowest BCUT2D eigenvalue weighted by molar-refractivity contribution is -0.161. The highest BCUT2D eigenvalue weighted by atomic mass is 16.6. The van der Waals surface area contributed by atoms with E-state index in [2.05, 4.69) is 98.9 Å². The van der Waals surface area contributed by atoms with Gasteiger partial charge in [0.1, 0.15) is 6.61 Å². The van der Waals surface area contributed by atoms with Crippen molar-refractivity contribution in [1.29, 1.82) is 0 Å². The SMILES string of the molecule is CC/C=C\C/C=C\C/C=C\C/C=C\C/C=C\C/C=C\CCCCCCCCC(=O)OC(CO)COC(=O)CCCCCCCCCCCCCCCCCCCCCCCCC/C=C\CCCCCCCCCC. The van der Waals surface area contributed by atoms with Crippen LogP contribution in [0.4, 0.5) is 0 Å². The van der Waals surface area contributed by atoms with Gasteiger partial charge in [-0.05, 0) is 89.9 Å². The number of aliphatic hydroxyl groups excluding tert-OH is 1. The summed E-state index contributed by atoms with van der Waals surface area (Å²) in [5, 5.41) is 9.68. The number of carbonyl (C=O) groups excluding carboxylic acids is 2. The van der Waals surface area contributed by atoms with Gasteiger partial charge in [0.15, 0.2) is 6.10 Å². The third-order valence-corrected chi connectivity index (χ3v) is 14.2. The molecule has 0 spiro atoms. The van der Waals surface area contributed by atoms with Gasteiger partial charge in [0.05, 0.1) is 6.61 Å². The summed E-state index contributed by atoms with van der Waals surface area (Å²) < 4.78 is 10.7. The van der Waals surface area contributed by atoms with E-state index >= 15 is 0 Å². The summed E-state index contributed by atoms with van der Waals surface area (Å²) in [5.74, 6) is -0.599.